The second kappa shape index (κ2) is 8.55. The molecule has 0 spiro atoms. The van der Waals surface area contributed by atoms with E-state index in [1.807, 2.05) is 0 Å². The second-order valence-electron chi connectivity index (χ2n) is 10.5. The first kappa shape index (κ1) is 22.6. The van der Waals surface area contributed by atoms with E-state index in [2.05, 4.69) is 16.0 Å². The topological polar surface area (TPSA) is 114 Å². The summed E-state index contributed by atoms with van der Waals surface area (Å²) >= 11 is 0. The van der Waals surface area contributed by atoms with E-state index < -0.39 is 29.6 Å². The zero-order valence-corrected chi connectivity index (χ0v) is 18.5. The fourth-order valence-corrected chi connectivity index (χ4v) is 5.75. The van der Waals surface area contributed by atoms with Crippen molar-refractivity contribution in [2.45, 2.75) is 84.3 Å². The molecule has 0 unspecified atom stereocenters. The van der Waals surface area contributed by atoms with Crippen molar-refractivity contribution in [3.63, 3.8) is 0 Å². The van der Waals surface area contributed by atoms with Crippen LogP contribution in [-0.4, -0.2) is 42.0 Å². The molecule has 4 rings (SSSR count). The number of amides is 4. The van der Waals surface area contributed by atoms with Gasteiger partial charge in [0.25, 0.3) is 5.91 Å². The van der Waals surface area contributed by atoms with E-state index in [0.29, 0.717) is 17.8 Å². The number of ether oxygens (including phenoxy) is 1. The predicted molar refractivity (Wildman–Crippen MR) is 110 cm³/mol. The Morgan fingerprint density at radius 3 is 2.03 bits per heavy atom. The highest BCUT2D eigenvalue weighted by Gasteiger charge is 2.54. The smallest absolute Gasteiger partial charge is 0.321 e. The number of nitrogens with one attached hydrogen (secondary N) is 3. The van der Waals surface area contributed by atoms with Crippen LogP contribution in [-0.2, 0) is 19.1 Å². The number of imide groups is 1. The molecule has 0 aromatic carbocycles. The van der Waals surface area contributed by atoms with E-state index >= 15 is 0 Å². The summed E-state index contributed by atoms with van der Waals surface area (Å²) in [6, 6.07) is -0.641. The number of carbonyl (C=O) groups is 4. The number of hydrogen-bond donors (Lipinski definition) is 3. The van der Waals surface area contributed by atoms with Crippen molar-refractivity contribution in [3.05, 3.63) is 0 Å². The molecule has 3 N–H and O–H groups in total. The Bertz CT molecular complexity index is 677. The standard InChI is InChI=1S/C22H35N3O5/c1-13(18(27)24-20(29)25-21(2,3)4)30-17(26)5-6-23-19(28)22-10-14-7-15(11-22)9-16(8-14)12-22/h13-16H,5-12H2,1-4H3,(H,23,28)(H2,24,25,27,29)/t13-,14?,15?,16?,22?/m0/s1. The molecule has 0 aromatic rings. The minimum Gasteiger partial charge on any atom is -0.452 e. The van der Waals surface area contributed by atoms with E-state index in [0.717, 1.165) is 19.3 Å². The zero-order valence-electron chi connectivity index (χ0n) is 18.5. The van der Waals surface area contributed by atoms with Gasteiger partial charge in [-0.3, -0.25) is 19.7 Å². The normalized spacial score (nSPS) is 30.3. The maximum atomic E-state index is 12.9. The van der Waals surface area contributed by atoms with Crippen molar-refractivity contribution in [3.8, 4) is 0 Å². The Hall–Kier alpha value is -2.12. The summed E-state index contributed by atoms with van der Waals surface area (Å²) in [6.45, 7) is 6.97. The van der Waals surface area contributed by atoms with Crippen LogP contribution in [0.25, 0.3) is 0 Å². The van der Waals surface area contributed by atoms with Crippen LogP contribution in [0.3, 0.4) is 0 Å². The average molecular weight is 422 g/mol. The van der Waals surface area contributed by atoms with Gasteiger partial charge in [-0.05, 0) is 84.0 Å². The van der Waals surface area contributed by atoms with Crippen molar-refractivity contribution in [2.24, 2.45) is 23.2 Å². The van der Waals surface area contributed by atoms with Gasteiger partial charge in [-0.25, -0.2) is 4.79 Å². The molecule has 0 saturated heterocycles. The van der Waals surface area contributed by atoms with Crippen LogP contribution in [0, 0.1) is 23.2 Å². The van der Waals surface area contributed by atoms with E-state index in [-0.39, 0.29) is 24.3 Å². The van der Waals surface area contributed by atoms with Crippen LogP contribution < -0.4 is 16.0 Å². The summed E-state index contributed by atoms with van der Waals surface area (Å²) in [6.07, 6.45) is 5.63. The fourth-order valence-electron chi connectivity index (χ4n) is 5.75. The number of carbonyl (C=O) groups excluding carboxylic acids is 4. The van der Waals surface area contributed by atoms with Crippen molar-refractivity contribution in [2.75, 3.05) is 6.54 Å². The lowest BCUT2D eigenvalue weighted by atomic mass is 9.49. The summed E-state index contributed by atoms with van der Waals surface area (Å²) in [4.78, 5) is 48.7. The largest absolute Gasteiger partial charge is 0.452 e. The molecular formula is C22H35N3O5. The third-order valence-electron chi connectivity index (χ3n) is 6.54. The van der Waals surface area contributed by atoms with E-state index in [1.165, 1.54) is 26.2 Å². The second-order valence-corrected chi connectivity index (χ2v) is 10.5. The Balaban J connectivity index is 1.38. The Morgan fingerprint density at radius 2 is 1.53 bits per heavy atom. The summed E-state index contributed by atoms with van der Waals surface area (Å²) in [5.41, 5.74) is -0.731. The molecule has 30 heavy (non-hydrogen) atoms. The molecule has 0 radical (unpaired) electrons. The molecule has 8 nitrogen and oxygen atoms in total. The van der Waals surface area contributed by atoms with Gasteiger partial charge in [0.1, 0.15) is 0 Å². The Morgan fingerprint density at radius 1 is 1.00 bits per heavy atom. The van der Waals surface area contributed by atoms with Crippen molar-refractivity contribution >= 4 is 23.8 Å². The Labute approximate surface area is 178 Å². The third-order valence-corrected chi connectivity index (χ3v) is 6.54. The van der Waals surface area contributed by atoms with E-state index in [1.54, 1.807) is 20.8 Å². The van der Waals surface area contributed by atoms with Gasteiger partial charge in [0.2, 0.25) is 5.91 Å². The zero-order chi connectivity index (χ0) is 22.1. The van der Waals surface area contributed by atoms with E-state index in [9.17, 15) is 19.2 Å². The highest BCUT2D eigenvalue weighted by atomic mass is 16.5. The molecule has 0 heterocycles. The van der Waals surface area contributed by atoms with Crippen LogP contribution in [0.15, 0.2) is 0 Å². The minimum absolute atomic E-state index is 0.0100. The van der Waals surface area contributed by atoms with Gasteiger partial charge in [0.05, 0.1) is 6.42 Å². The molecular weight excluding hydrogens is 386 g/mol. The van der Waals surface area contributed by atoms with Gasteiger partial charge < -0.3 is 15.4 Å². The van der Waals surface area contributed by atoms with Crippen molar-refractivity contribution in [1.29, 1.82) is 0 Å². The highest BCUT2D eigenvalue weighted by molar-refractivity contribution is 5.97. The van der Waals surface area contributed by atoms with Gasteiger partial charge in [0.15, 0.2) is 6.10 Å². The van der Waals surface area contributed by atoms with Gasteiger partial charge in [-0.1, -0.05) is 0 Å². The van der Waals surface area contributed by atoms with Crippen LogP contribution in [0.1, 0.15) is 72.6 Å². The lowest BCUT2D eigenvalue weighted by molar-refractivity contribution is -0.154. The van der Waals surface area contributed by atoms with Crippen LogP contribution in [0.2, 0.25) is 0 Å². The fraction of sp³-hybridized carbons (Fsp3) is 0.818. The molecule has 4 aliphatic rings. The first-order valence-corrected chi connectivity index (χ1v) is 11.1. The quantitative estimate of drug-likeness (QED) is 0.569. The first-order chi connectivity index (χ1) is 14.0. The van der Waals surface area contributed by atoms with Gasteiger partial charge in [-0.2, -0.15) is 0 Å². The lowest BCUT2D eigenvalue weighted by Gasteiger charge is -2.55. The minimum atomic E-state index is -1.10. The molecule has 4 fully saturated rings. The maximum absolute atomic E-state index is 12.9. The van der Waals surface area contributed by atoms with Crippen molar-refractivity contribution in [1.82, 2.24) is 16.0 Å². The lowest BCUT2D eigenvalue weighted by Crippen LogP contribution is -2.53. The third kappa shape index (κ3) is 5.52. The van der Waals surface area contributed by atoms with Gasteiger partial charge >= 0.3 is 12.0 Å². The molecule has 0 aliphatic heterocycles. The molecule has 168 valence electrons. The molecule has 4 aliphatic carbocycles. The number of esters is 1. The summed E-state index contributed by atoms with van der Waals surface area (Å²) in [7, 11) is 0. The summed E-state index contributed by atoms with van der Waals surface area (Å²) < 4.78 is 5.09. The first-order valence-electron chi connectivity index (χ1n) is 11.1. The Kier molecular flexibility index (Phi) is 6.43. The summed E-state index contributed by atoms with van der Waals surface area (Å²) in [5.74, 6) is 0.840. The summed E-state index contributed by atoms with van der Waals surface area (Å²) in [5, 5.41) is 7.68. The maximum Gasteiger partial charge on any atom is 0.321 e. The van der Waals surface area contributed by atoms with Gasteiger partial charge in [0, 0.05) is 17.5 Å². The predicted octanol–water partition coefficient (Wildman–Crippen LogP) is 2.27. The molecule has 4 saturated carbocycles. The number of hydrogen-bond acceptors (Lipinski definition) is 5. The molecule has 4 amide bonds. The molecule has 4 bridgehead atoms. The monoisotopic (exact) mass is 421 g/mol. The van der Waals surface area contributed by atoms with Crippen LogP contribution >= 0.6 is 0 Å². The molecule has 8 heteroatoms. The highest BCUT2D eigenvalue weighted by Crippen LogP contribution is 2.60. The molecule has 0 aromatic heterocycles. The number of urea groups is 1. The SMILES string of the molecule is C[C@H](OC(=O)CCNC(=O)C12CC3CC(CC(C3)C1)C2)C(=O)NC(=O)NC(C)(C)C. The van der Waals surface area contributed by atoms with Crippen molar-refractivity contribution < 1.29 is 23.9 Å². The average Bonchev–Trinajstić information content (AvgIpc) is 2.58. The van der Waals surface area contributed by atoms with Crippen LogP contribution in [0.4, 0.5) is 4.79 Å². The number of rotatable bonds is 6. The van der Waals surface area contributed by atoms with Gasteiger partial charge in [-0.15, -0.1) is 0 Å². The van der Waals surface area contributed by atoms with E-state index in [4.69, 9.17) is 4.74 Å². The molecule has 1 atom stereocenters. The van der Waals surface area contributed by atoms with Crippen LogP contribution in [0.5, 0.6) is 0 Å².